The zero-order valence-corrected chi connectivity index (χ0v) is 13.2. The first-order valence-corrected chi connectivity index (χ1v) is 7.98. The van der Waals surface area contributed by atoms with Crippen molar-refractivity contribution in [2.75, 3.05) is 6.54 Å². The third kappa shape index (κ3) is 3.47. The summed E-state index contributed by atoms with van der Waals surface area (Å²) in [6.45, 7) is 2.48. The average molecular weight is 318 g/mol. The number of rotatable bonds is 5. The highest BCUT2D eigenvalue weighted by atomic mass is 16.5. The zero-order chi connectivity index (χ0) is 16.4. The van der Waals surface area contributed by atoms with Crippen LogP contribution in [0.4, 0.5) is 4.79 Å². The van der Waals surface area contributed by atoms with Crippen LogP contribution in [0.3, 0.4) is 0 Å². The van der Waals surface area contributed by atoms with Crippen LogP contribution in [0.2, 0.25) is 0 Å². The molecule has 1 heterocycles. The number of benzene rings is 1. The second-order valence-corrected chi connectivity index (χ2v) is 6.53. The number of nitrogens with zero attached hydrogens (tertiary/aromatic N) is 1. The summed E-state index contributed by atoms with van der Waals surface area (Å²) in [6, 6.07) is 9.93. The van der Waals surface area contributed by atoms with Crippen LogP contribution in [0, 0.1) is 0 Å². The second kappa shape index (κ2) is 6.20. The summed E-state index contributed by atoms with van der Waals surface area (Å²) in [5.74, 6) is -0.996. The molecule has 1 aromatic carbocycles. The molecule has 2 unspecified atom stereocenters. The van der Waals surface area contributed by atoms with E-state index in [4.69, 9.17) is 4.74 Å². The van der Waals surface area contributed by atoms with Gasteiger partial charge in [0.15, 0.2) is 5.54 Å². The van der Waals surface area contributed by atoms with Gasteiger partial charge in [-0.15, -0.1) is 0 Å². The molecule has 0 spiro atoms. The first-order chi connectivity index (χ1) is 11.0. The molecule has 2 atom stereocenters. The van der Waals surface area contributed by atoms with Crippen molar-refractivity contribution in [3.63, 3.8) is 0 Å². The fourth-order valence-corrected chi connectivity index (χ4v) is 3.30. The SMILES string of the molecule is CC1CC(NC(=O)OCc2ccccc2)(C(=O)O)CN1C1CC1. The predicted molar refractivity (Wildman–Crippen MR) is 83.9 cm³/mol. The van der Waals surface area contributed by atoms with E-state index in [1.54, 1.807) is 0 Å². The van der Waals surface area contributed by atoms with Crippen LogP contribution in [0.1, 0.15) is 31.7 Å². The number of nitrogens with one attached hydrogen (secondary N) is 1. The minimum Gasteiger partial charge on any atom is -0.479 e. The minimum absolute atomic E-state index is 0.129. The van der Waals surface area contributed by atoms with Crippen LogP contribution in [0.15, 0.2) is 30.3 Å². The Balaban J connectivity index is 1.61. The zero-order valence-electron chi connectivity index (χ0n) is 13.2. The lowest BCUT2D eigenvalue weighted by Crippen LogP contribution is -2.56. The van der Waals surface area contributed by atoms with E-state index in [2.05, 4.69) is 10.2 Å². The molecule has 2 fully saturated rings. The topological polar surface area (TPSA) is 78.9 Å². The fraction of sp³-hybridized carbons (Fsp3) is 0.529. The molecule has 1 aromatic rings. The van der Waals surface area contributed by atoms with E-state index >= 15 is 0 Å². The standard InChI is InChI=1S/C17H22N2O4/c1-12-9-17(15(20)21,11-19(12)14-7-8-14)18-16(22)23-10-13-5-3-2-4-6-13/h2-6,12,14H,7-11H2,1H3,(H,18,22)(H,20,21). The number of carbonyl (C=O) groups is 2. The van der Waals surface area contributed by atoms with E-state index < -0.39 is 17.6 Å². The lowest BCUT2D eigenvalue weighted by Gasteiger charge is -2.25. The normalized spacial score (nSPS) is 27.6. The highest BCUT2D eigenvalue weighted by Crippen LogP contribution is 2.37. The summed E-state index contributed by atoms with van der Waals surface area (Å²) in [6.07, 6.45) is 1.94. The molecule has 0 bridgehead atoms. The molecular formula is C17H22N2O4. The van der Waals surface area contributed by atoms with Gasteiger partial charge >= 0.3 is 12.1 Å². The molecule has 2 N–H and O–H groups in total. The number of alkyl carbamates (subject to hydrolysis) is 1. The van der Waals surface area contributed by atoms with Gasteiger partial charge in [-0.3, -0.25) is 4.90 Å². The summed E-state index contributed by atoms with van der Waals surface area (Å²) in [5.41, 5.74) is -0.387. The van der Waals surface area contributed by atoms with Gasteiger partial charge in [0.1, 0.15) is 6.61 Å². The maximum Gasteiger partial charge on any atom is 0.408 e. The van der Waals surface area contributed by atoms with Gasteiger partial charge in [-0.1, -0.05) is 30.3 Å². The fourth-order valence-electron chi connectivity index (χ4n) is 3.30. The number of aliphatic carboxylic acids is 1. The third-order valence-corrected chi connectivity index (χ3v) is 4.64. The summed E-state index contributed by atoms with van der Waals surface area (Å²) in [4.78, 5) is 26.0. The smallest absolute Gasteiger partial charge is 0.408 e. The first-order valence-electron chi connectivity index (χ1n) is 7.98. The maximum atomic E-state index is 12.1. The summed E-state index contributed by atoms with van der Waals surface area (Å²) >= 11 is 0. The van der Waals surface area contributed by atoms with Crippen molar-refractivity contribution in [2.24, 2.45) is 0 Å². The van der Waals surface area contributed by atoms with Crippen molar-refractivity contribution >= 4 is 12.1 Å². The van der Waals surface area contributed by atoms with Crippen molar-refractivity contribution in [1.82, 2.24) is 10.2 Å². The van der Waals surface area contributed by atoms with Crippen LogP contribution < -0.4 is 5.32 Å². The number of carboxylic acid groups (broad SMARTS) is 1. The molecule has 124 valence electrons. The third-order valence-electron chi connectivity index (χ3n) is 4.64. The van der Waals surface area contributed by atoms with Gasteiger partial charge < -0.3 is 15.2 Å². The number of amides is 1. The molecule has 6 nitrogen and oxygen atoms in total. The number of ether oxygens (including phenoxy) is 1. The van der Waals surface area contributed by atoms with Gasteiger partial charge in [0, 0.05) is 18.6 Å². The van der Waals surface area contributed by atoms with Gasteiger partial charge in [-0.05, 0) is 31.7 Å². The number of carboxylic acids is 1. The Morgan fingerprint density at radius 3 is 2.65 bits per heavy atom. The molecule has 3 rings (SSSR count). The quantitative estimate of drug-likeness (QED) is 0.868. The van der Waals surface area contributed by atoms with Gasteiger partial charge in [-0.25, -0.2) is 9.59 Å². The first kappa shape index (κ1) is 15.8. The number of hydrogen-bond acceptors (Lipinski definition) is 4. The lowest BCUT2D eigenvalue weighted by atomic mass is 9.97. The predicted octanol–water partition coefficient (Wildman–Crippen LogP) is 1.99. The molecule has 1 amide bonds. The average Bonchev–Trinajstić information content (AvgIpc) is 3.31. The second-order valence-electron chi connectivity index (χ2n) is 6.53. The van der Waals surface area contributed by atoms with Crippen molar-refractivity contribution < 1.29 is 19.4 Å². The van der Waals surface area contributed by atoms with E-state index in [0.29, 0.717) is 19.0 Å². The molecule has 6 heteroatoms. The highest BCUT2D eigenvalue weighted by Gasteiger charge is 2.52. The Hall–Kier alpha value is -2.08. The van der Waals surface area contributed by atoms with E-state index in [-0.39, 0.29) is 12.6 Å². The summed E-state index contributed by atoms with van der Waals surface area (Å²) < 4.78 is 5.18. The van der Waals surface area contributed by atoms with E-state index in [1.165, 1.54) is 0 Å². The number of hydrogen-bond donors (Lipinski definition) is 2. The molecule has 0 radical (unpaired) electrons. The van der Waals surface area contributed by atoms with Crippen LogP contribution in [0.25, 0.3) is 0 Å². The van der Waals surface area contributed by atoms with Gasteiger partial charge in [0.25, 0.3) is 0 Å². The lowest BCUT2D eigenvalue weighted by molar-refractivity contribution is -0.144. The Kier molecular flexibility index (Phi) is 4.26. The van der Waals surface area contributed by atoms with Crippen molar-refractivity contribution in [3.05, 3.63) is 35.9 Å². The summed E-state index contributed by atoms with van der Waals surface area (Å²) in [5, 5.41) is 12.2. The molecular weight excluding hydrogens is 296 g/mol. The monoisotopic (exact) mass is 318 g/mol. The summed E-state index contributed by atoms with van der Waals surface area (Å²) in [7, 11) is 0. The Morgan fingerprint density at radius 2 is 2.04 bits per heavy atom. The molecule has 1 aliphatic heterocycles. The van der Waals surface area contributed by atoms with Gasteiger partial charge in [0.05, 0.1) is 0 Å². The molecule has 1 saturated carbocycles. The van der Waals surface area contributed by atoms with E-state index in [1.807, 2.05) is 37.3 Å². The molecule has 0 aromatic heterocycles. The Morgan fingerprint density at radius 1 is 1.35 bits per heavy atom. The number of carbonyl (C=O) groups excluding carboxylic acids is 1. The van der Waals surface area contributed by atoms with Gasteiger partial charge in [-0.2, -0.15) is 0 Å². The van der Waals surface area contributed by atoms with Crippen LogP contribution in [0.5, 0.6) is 0 Å². The molecule has 1 aliphatic carbocycles. The molecule has 2 aliphatic rings. The van der Waals surface area contributed by atoms with E-state index in [0.717, 1.165) is 18.4 Å². The van der Waals surface area contributed by atoms with Gasteiger partial charge in [0.2, 0.25) is 0 Å². The Labute approximate surface area is 135 Å². The van der Waals surface area contributed by atoms with Crippen molar-refractivity contribution in [1.29, 1.82) is 0 Å². The molecule has 23 heavy (non-hydrogen) atoms. The largest absolute Gasteiger partial charge is 0.479 e. The molecule has 1 saturated heterocycles. The maximum absolute atomic E-state index is 12.1. The number of likely N-dealkylation sites (tertiary alicyclic amines) is 1. The van der Waals surface area contributed by atoms with Crippen LogP contribution >= 0.6 is 0 Å². The van der Waals surface area contributed by atoms with Crippen LogP contribution in [-0.2, 0) is 16.1 Å². The van der Waals surface area contributed by atoms with E-state index in [9.17, 15) is 14.7 Å². The van der Waals surface area contributed by atoms with Crippen molar-refractivity contribution in [3.8, 4) is 0 Å². The highest BCUT2D eigenvalue weighted by molar-refractivity contribution is 5.85. The van der Waals surface area contributed by atoms with Crippen LogP contribution in [-0.4, -0.2) is 46.2 Å². The van der Waals surface area contributed by atoms with Crippen molar-refractivity contribution in [2.45, 2.75) is 50.4 Å². The Bertz CT molecular complexity index is 588. The minimum atomic E-state index is -1.25.